The summed E-state index contributed by atoms with van der Waals surface area (Å²) in [6.07, 6.45) is 9.28. The Morgan fingerprint density at radius 2 is 1.81 bits per heavy atom. The Morgan fingerprint density at radius 1 is 1.06 bits per heavy atom. The number of benzene rings is 1. The highest BCUT2D eigenvalue weighted by Crippen LogP contribution is 2.01. The van der Waals surface area contributed by atoms with Crippen LogP contribution in [0.1, 0.15) is 38.2 Å². The Balaban J connectivity index is 1.98. The van der Waals surface area contributed by atoms with Gasteiger partial charge in [0.2, 0.25) is 0 Å². The van der Waals surface area contributed by atoms with E-state index in [1.165, 1.54) is 24.8 Å². The van der Waals surface area contributed by atoms with Gasteiger partial charge < -0.3 is 4.74 Å². The summed E-state index contributed by atoms with van der Waals surface area (Å²) in [4.78, 5) is 0. The molecule has 0 N–H and O–H groups in total. The first kappa shape index (κ1) is 13.0. The van der Waals surface area contributed by atoms with E-state index >= 15 is 0 Å². The summed E-state index contributed by atoms with van der Waals surface area (Å²) in [6, 6.07) is 10.3. The summed E-state index contributed by atoms with van der Waals surface area (Å²) in [7, 11) is 0. The molecule has 0 aliphatic heterocycles. The molecule has 0 amide bonds. The maximum atomic E-state index is 5.57. The van der Waals surface area contributed by atoms with E-state index in [1.807, 2.05) is 18.2 Å². The molecule has 0 saturated carbocycles. The predicted molar refractivity (Wildman–Crippen MR) is 69.4 cm³/mol. The van der Waals surface area contributed by atoms with Gasteiger partial charge in [0.05, 0.1) is 13.2 Å². The van der Waals surface area contributed by atoms with Crippen LogP contribution in [0.3, 0.4) is 0 Å². The van der Waals surface area contributed by atoms with Crippen molar-refractivity contribution in [3.63, 3.8) is 0 Å². The fraction of sp³-hybridized carbons (Fsp3) is 0.467. The van der Waals surface area contributed by atoms with Crippen LogP contribution in [-0.2, 0) is 11.3 Å². The Bertz CT molecular complexity index is 277. The normalized spacial score (nSPS) is 11.1. The molecular formula is C15H22O. The third-order valence-corrected chi connectivity index (χ3v) is 2.43. The molecule has 0 aliphatic rings. The van der Waals surface area contributed by atoms with Crippen LogP contribution < -0.4 is 0 Å². The van der Waals surface area contributed by atoms with Crippen molar-refractivity contribution in [3.05, 3.63) is 48.0 Å². The van der Waals surface area contributed by atoms with E-state index in [4.69, 9.17) is 4.74 Å². The lowest BCUT2D eigenvalue weighted by molar-refractivity contribution is 0.125. The molecule has 0 aliphatic carbocycles. The molecule has 0 fully saturated rings. The summed E-state index contributed by atoms with van der Waals surface area (Å²) in [5.74, 6) is 0. The van der Waals surface area contributed by atoms with E-state index in [-0.39, 0.29) is 0 Å². The molecule has 1 aromatic carbocycles. The van der Waals surface area contributed by atoms with Crippen molar-refractivity contribution >= 4 is 0 Å². The Hall–Kier alpha value is -1.08. The van der Waals surface area contributed by atoms with E-state index in [1.54, 1.807) is 0 Å². The average Bonchev–Trinajstić information content (AvgIpc) is 2.34. The molecule has 88 valence electrons. The van der Waals surface area contributed by atoms with Crippen molar-refractivity contribution in [2.75, 3.05) is 6.61 Å². The van der Waals surface area contributed by atoms with Gasteiger partial charge in [-0.3, -0.25) is 0 Å². The minimum atomic E-state index is 0.726. The first-order valence-corrected chi connectivity index (χ1v) is 6.20. The topological polar surface area (TPSA) is 9.23 Å². The zero-order chi connectivity index (χ0) is 11.5. The van der Waals surface area contributed by atoms with Crippen molar-refractivity contribution in [2.24, 2.45) is 0 Å². The molecule has 0 bridgehead atoms. The Kier molecular flexibility index (Phi) is 7.44. The molecule has 0 saturated heterocycles. The fourth-order valence-corrected chi connectivity index (χ4v) is 1.47. The highest BCUT2D eigenvalue weighted by molar-refractivity contribution is 5.13. The minimum absolute atomic E-state index is 0.726. The smallest absolute Gasteiger partial charge is 0.0717 e. The van der Waals surface area contributed by atoms with Crippen LogP contribution in [0.4, 0.5) is 0 Å². The van der Waals surface area contributed by atoms with Gasteiger partial charge in [-0.25, -0.2) is 0 Å². The van der Waals surface area contributed by atoms with E-state index in [0.717, 1.165) is 19.6 Å². The quantitative estimate of drug-likeness (QED) is 0.466. The van der Waals surface area contributed by atoms with Gasteiger partial charge in [0.15, 0.2) is 0 Å². The monoisotopic (exact) mass is 218 g/mol. The van der Waals surface area contributed by atoms with Gasteiger partial charge in [0.25, 0.3) is 0 Å². The van der Waals surface area contributed by atoms with Crippen LogP contribution in [0.2, 0.25) is 0 Å². The van der Waals surface area contributed by atoms with E-state index in [0.29, 0.717) is 0 Å². The summed E-state index contributed by atoms with van der Waals surface area (Å²) in [6.45, 7) is 3.76. The van der Waals surface area contributed by atoms with Crippen LogP contribution >= 0.6 is 0 Å². The number of hydrogen-bond acceptors (Lipinski definition) is 1. The summed E-state index contributed by atoms with van der Waals surface area (Å²) in [5, 5.41) is 0. The molecule has 0 spiro atoms. The molecule has 0 atom stereocenters. The molecule has 0 heterocycles. The van der Waals surface area contributed by atoms with Crippen LogP contribution in [0, 0.1) is 0 Å². The lowest BCUT2D eigenvalue weighted by atomic mass is 10.2. The Labute approximate surface area is 99.1 Å². The lowest BCUT2D eigenvalue weighted by Gasteiger charge is -2.01. The van der Waals surface area contributed by atoms with Crippen LogP contribution in [0.15, 0.2) is 42.5 Å². The van der Waals surface area contributed by atoms with Crippen LogP contribution in [0.5, 0.6) is 0 Å². The fourth-order valence-electron chi connectivity index (χ4n) is 1.47. The Morgan fingerprint density at radius 3 is 2.56 bits per heavy atom. The standard InChI is InChI=1S/C15H22O/c1-2-3-4-5-6-10-13-16-14-15-11-8-7-9-12-15/h5-9,11-12H,2-4,10,13-14H2,1H3/b6-5+. The molecule has 16 heavy (non-hydrogen) atoms. The maximum Gasteiger partial charge on any atom is 0.0717 e. The van der Waals surface area contributed by atoms with E-state index in [9.17, 15) is 0 Å². The van der Waals surface area contributed by atoms with Gasteiger partial charge in [-0.2, -0.15) is 0 Å². The van der Waals surface area contributed by atoms with Crippen molar-refractivity contribution in [1.29, 1.82) is 0 Å². The van der Waals surface area contributed by atoms with E-state index < -0.39 is 0 Å². The second-order valence-electron chi connectivity index (χ2n) is 3.94. The van der Waals surface area contributed by atoms with Gasteiger partial charge in [-0.15, -0.1) is 0 Å². The molecule has 1 aromatic rings. The number of rotatable bonds is 8. The number of allylic oxidation sites excluding steroid dienone is 1. The number of hydrogen-bond donors (Lipinski definition) is 0. The van der Waals surface area contributed by atoms with E-state index in [2.05, 4.69) is 31.2 Å². The second-order valence-corrected chi connectivity index (χ2v) is 3.94. The molecule has 1 heteroatoms. The largest absolute Gasteiger partial charge is 0.376 e. The van der Waals surface area contributed by atoms with Gasteiger partial charge in [-0.05, 0) is 18.4 Å². The molecule has 1 nitrogen and oxygen atoms in total. The van der Waals surface area contributed by atoms with Crippen molar-refractivity contribution in [2.45, 2.75) is 39.2 Å². The average molecular weight is 218 g/mol. The maximum absolute atomic E-state index is 5.57. The van der Waals surface area contributed by atoms with Gasteiger partial charge in [0, 0.05) is 0 Å². The van der Waals surface area contributed by atoms with Crippen LogP contribution in [0.25, 0.3) is 0 Å². The SMILES string of the molecule is CCCC/C=C/CCOCc1ccccc1. The summed E-state index contributed by atoms with van der Waals surface area (Å²) in [5.41, 5.74) is 1.25. The number of ether oxygens (including phenoxy) is 1. The minimum Gasteiger partial charge on any atom is -0.376 e. The highest BCUT2D eigenvalue weighted by atomic mass is 16.5. The molecule has 1 rings (SSSR count). The van der Waals surface area contributed by atoms with Crippen molar-refractivity contribution in [1.82, 2.24) is 0 Å². The summed E-state index contributed by atoms with van der Waals surface area (Å²) >= 11 is 0. The lowest BCUT2D eigenvalue weighted by Crippen LogP contribution is -1.93. The molecular weight excluding hydrogens is 196 g/mol. The molecule has 0 radical (unpaired) electrons. The van der Waals surface area contributed by atoms with Crippen molar-refractivity contribution < 1.29 is 4.74 Å². The molecule has 0 unspecified atom stereocenters. The highest BCUT2D eigenvalue weighted by Gasteiger charge is 1.89. The number of unbranched alkanes of at least 4 members (excludes halogenated alkanes) is 2. The predicted octanol–water partition coefficient (Wildman–Crippen LogP) is 4.34. The molecule has 0 aromatic heterocycles. The second kappa shape index (κ2) is 9.17. The zero-order valence-corrected chi connectivity index (χ0v) is 10.2. The summed E-state index contributed by atoms with van der Waals surface area (Å²) < 4.78 is 5.57. The first-order chi connectivity index (χ1) is 7.93. The van der Waals surface area contributed by atoms with Gasteiger partial charge >= 0.3 is 0 Å². The van der Waals surface area contributed by atoms with Gasteiger partial charge in [0.1, 0.15) is 0 Å². The third kappa shape index (κ3) is 6.41. The zero-order valence-electron chi connectivity index (χ0n) is 10.2. The van der Waals surface area contributed by atoms with Crippen LogP contribution in [-0.4, -0.2) is 6.61 Å². The first-order valence-electron chi connectivity index (χ1n) is 6.20. The third-order valence-electron chi connectivity index (χ3n) is 2.43. The van der Waals surface area contributed by atoms with Gasteiger partial charge in [-0.1, -0.05) is 62.2 Å². The van der Waals surface area contributed by atoms with Crippen molar-refractivity contribution in [3.8, 4) is 0 Å².